The summed E-state index contributed by atoms with van der Waals surface area (Å²) in [7, 11) is 1.89. The van der Waals surface area contributed by atoms with E-state index in [0.29, 0.717) is 36.6 Å². The van der Waals surface area contributed by atoms with Crippen molar-refractivity contribution in [2.24, 2.45) is 5.73 Å². The van der Waals surface area contributed by atoms with Crippen LogP contribution in [0.1, 0.15) is 28.0 Å². The van der Waals surface area contributed by atoms with Crippen LogP contribution in [0.3, 0.4) is 0 Å². The first-order valence-electron chi connectivity index (χ1n) is 9.10. The lowest BCUT2D eigenvalue weighted by Crippen LogP contribution is -2.26. The van der Waals surface area contributed by atoms with Crippen molar-refractivity contribution in [3.63, 3.8) is 0 Å². The molecule has 1 amide bonds. The Morgan fingerprint density at radius 2 is 2.25 bits per heavy atom. The minimum atomic E-state index is -1.21. The van der Waals surface area contributed by atoms with Crippen LogP contribution >= 0.6 is 0 Å². The molecule has 3 heterocycles. The molecule has 2 aromatic rings. The van der Waals surface area contributed by atoms with E-state index in [4.69, 9.17) is 10.5 Å². The fraction of sp³-hybridized carbons (Fsp3) is 0.273. The SMILES string of the molecule is C=C1N(C)CC[C@@]1(O)C#Cc1cccc(-c2nc(C(N)=O)cc3c2OCC3)c1. The molecule has 2 aliphatic rings. The number of fused-ring (bicyclic) bond motifs is 1. The summed E-state index contributed by atoms with van der Waals surface area (Å²) in [6.45, 7) is 5.20. The van der Waals surface area contributed by atoms with Gasteiger partial charge in [-0.2, -0.15) is 0 Å². The van der Waals surface area contributed by atoms with Gasteiger partial charge in [0.2, 0.25) is 0 Å². The highest BCUT2D eigenvalue weighted by Gasteiger charge is 2.36. The van der Waals surface area contributed by atoms with Crippen LogP contribution in [0.5, 0.6) is 5.75 Å². The van der Waals surface area contributed by atoms with Crippen molar-refractivity contribution in [1.29, 1.82) is 0 Å². The van der Waals surface area contributed by atoms with Gasteiger partial charge in [-0.25, -0.2) is 4.98 Å². The van der Waals surface area contributed by atoms with E-state index in [-0.39, 0.29) is 5.69 Å². The fourth-order valence-electron chi connectivity index (χ4n) is 3.50. The number of benzene rings is 1. The predicted octanol–water partition coefficient (Wildman–Crippen LogP) is 1.71. The summed E-state index contributed by atoms with van der Waals surface area (Å²) in [4.78, 5) is 18.0. The van der Waals surface area contributed by atoms with Gasteiger partial charge in [0, 0.05) is 43.1 Å². The zero-order valence-electron chi connectivity index (χ0n) is 15.7. The van der Waals surface area contributed by atoms with Gasteiger partial charge >= 0.3 is 0 Å². The summed E-state index contributed by atoms with van der Waals surface area (Å²) < 4.78 is 5.73. The van der Waals surface area contributed by atoms with Crippen LogP contribution in [0.25, 0.3) is 11.3 Å². The number of aromatic nitrogens is 1. The summed E-state index contributed by atoms with van der Waals surface area (Å²) in [6.07, 6.45) is 1.24. The summed E-state index contributed by atoms with van der Waals surface area (Å²) in [5, 5.41) is 10.7. The van der Waals surface area contributed by atoms with E-state index >= 15 is 0 Å². The molecule has 6 nitrogen and oxygen atoms in total. The molecule has 0 bridgehead atoms. The average Bonchev–Trinajstić information content (AvgIpc) is 3.27. The van der Waals surface area contributed by atoms with Crippen molar-refractivity contribution < 1.29 is 14.6 Å². The molecule has 0 unspecified atom stereocenters. The van der Waals surface area contributed by atoms with Crippen molar-refractivity contribution in [2.45, 2.75) is 18.4 Å². The van der Waals surface area contributed by atoms with Crippen molar-refractivity contribution >= 4 is 5.91 Å². The molecule has 1 atom stereocenters. The van der Waals surface area contributed by atoms with E-state index in [0.717, 1.165) is 23.2 Å². The number of aliphatic hydroxyl groups is 1. The molecule has 0 aliphatic carbocycles. The van der Waals surface area contributed by atoms with E-state index in [1.54, 1.807) is 6.07 Å². The first kappa shape index (κ1) is 18.1. The van der Waals surface area contributed by atoms with Crippen LogP contribution < -0.4 is 10.5 Å². The van der Waals surface area contributed by atoms with Gasteiger partial charge in [0.25, 0.3) is 5.91 Å². The molecule has 4 rings (SSSR count). The van der Waals surface area contributed by atoms with E-state index in [1.165, 1.54) is 0 Å². The number of carbonyl (C=O) groups is 1. The van der Waals surface area contributed by atoms with Crippen LogP contribution in [0.15, 0.2) is 42.6 Å². The second kappa shape index (κ2) is 6.70. The quantitative estimate of drug-likeness (QED) is 0.780. The number of hydrogen-bond acceptors (Lipinski definition) is 5. The van der Waals surface area contributed by atoms with Crippen molar-refractivity contribution in [2.75, 3.05) is 20.2 Å². The van der Waals surface area contributed by atoms with Crippen molar-refractivity contribution in [3.8, 4) is 28.8 Å². The summed E-state index contributed by atoms with van der Waals surface area (Å²) >= 11 is 0. The minimum absolute atomic E-state index is 0.218. The van der Waals surface area contributed by atoms with E-state index in [2.05, 4.69) is 23.4 Å². The summed E-state index contributed by atoms with van der Waals surface area (Å²) in [5.41, 5.74) is 8.07. The van der Waals surface area contributed by atoms with E-state index < -0.39 is 11.5 Å². The Labute approximate surface area is 163 Å². The van der Waals surface area contributed by atoms with Gasteiger partial charge in [-0.3, -0.25) is 4.79 Å². The highest BCUT2D eigenvalue weighted by Crippen LogP contribution is 2.36. The van der Waals surface area contributed by atoms with Gasteiger partial charge in [0.15, 0.2) is 5.60 Å². The third-order valence-electron chi connectivity index (χ3n) is 5.22. The van der Waals surface area contributed by atoms with Crippen molar-refractivity contribution in [1.82, 2.24) is 9.88 Å². The van der Waals surface area contributed by atoms with E-state index in [9.17, 15) is 9.90 Å². The largest absolute Gasteiger partial charge is 0.491 e. The molecule has 1 fully saturated rings. The van der Waals surface area contributed by atoms with Gasteiger partial charge in [0.1, 0.15) is 17.1 Å². The van der Waals surface area contributed by atoms with Gasteiger partial charge in [-0.1, -0.05) is 30.6 Å². The Hall–Kier alpha value is -3.30. The van der Waals surface area contributed by atoms with Crippen LogP contribution in [-0.4, -0.2) is 46.7 Å². The second-order valence-corrected chi connectivity index (χ2v) is 7.12. The Morgan fingerprint density at radius 3 is 2.96 bits per heavy atom. The molecule has 0 spiro atoms. The zero-order chi connectivity index (χ0) is 19.9. The number of primary amides is 1. The molecule has 28 heavy (non-hydrogen) atoms. The molecule has 3 N–H and O–H groups in total. The Bertz CT molecular complexity index is 1050. The third-order valence-corrected chi connectivity index (χ3v) is 5.22. The van der Waals surface area contributed by atoms with Crippen LogP contribution in [0.4, 0.5) is 0 Å². The standard InChI is InChI=1S/C22H21N3O3/c1-14-22(27,9-10-25(14)2)8-6-15-4-3-5-16(12-15)19-20-17(7-11-28-20)13-18(24-19)21(23)26/h3-5,12-13,27H,1,7,9-11H2,2H3,(H2,23,26)/t22-/m0/s1. The Morgan fingerprint density at radius 1 is 1.43 bits per heavy atom. The maximum absolute atomic E-state index is 11.7. The first-order valence-corrected chi connectivity index (χ1v) is 9.10. The smallest absolute Gasteiger partial charge is 0.267 e. The van der Waals surface area contributed by atoms with Crippen LogP contribution in [0, 0.1) is 11.8 Å². The Kier molecular flexibility index (Phi) is 4.33. The number of rotatable bonds is 2. The molecule has 1 aromatic carbocycles. The number of pyridine rings is 1. The normalized spacial score (nSPS) is 20.4. The second-order valence-electron chi connectivity index (χ2n) is 7.12. The predicted molar refractivity (Wildman–Crippen MR) is 106 cm³/mol. The lowest BCUT2D eigenvalue weighted by Gasteiger charge is -2.19. The molecule has 6 heteroatoms. The highest BCUT2D eigenvalue weighted by atomic mass is 16.5. The van der Waals surface area contributed by atoms with Crippen molar-refractivity contribution in [3.05, 3.63) is 59.4 Å². The number of ether oxygens (including phenoxy) is 1. The summed E-state index contributed by atoms with van der Waals surface area (Å²) in [6, 6.07) is 9.17. The molecule has 1 aromatic heterocycles. The maximum Gasteiger partial charge on any atom is 0.267 e. The monoisotopic (exact) mass is 375 g/mol. The molecular formula is C22H21N3O3. The third kappa shape index (κ3) is 3.10. The molecule has 142 valence electrons. The highest BCUT2D eigenvalue weighted by molar-refractivity contribution is 5.92. The number of hydrogen-bond donors (Lipinski definition) is 2. The number of likely N-dealkylation sites (N-methyl/N-ethyl adjacent to an activating group) is 1. The van der Waals surface area contributed by atoms with Gasteiger partial charge < -0.3 is 20.5 Å². The van der Waals surface area contributed by atoms with Gasteiger partial charge in [0.05, 0.1) is 12.3 Å². The summed E-state index contributed by atoms with van der Waals surface area (Å²) in [5.74, 6) is 6.11. The molecule has 0 saturated carbocycles. The average molecular weight is 375 g/mol. The number of likely N-dealkylation sites (tertiary alicyclic amines) is 1. The lowest BCUT2D eigenvalue weighted by molar-refractivity contribution is 0.0995. The molecular weight excluding hydrogens is 354 g/mol. The number of carbonyl (C=O) groups excluding carboxylic acids is 1. The number of nitrogens with two attached hydrogens (primary N) is 1. The van der Waals surface area contributed by atoms with Crippen LogP contribution in [-0.2, 0) is 6.42 Å². The molecule has 0 radical (unpaired) electrons. The fourth-order valence-corrected chi connectivity index (χ4v) is 3.50. The lowest BCUT2D eigenvalue weighted by atomic mass is 9.99. The zero-order valence-corrected chi connectivity index (χ0v) is 15.7. The van der Waals surface area contributed by atoms with Crippen LogP contribution in [0.2, 0.25) is 0 Å². The van der Waals surface area contributed by atoms with E-state index in [1.807, 2.05) is 36.2 Å². The topological polar surface area (TPSA) is 88.7 Å². The number of amides is 1. The van der Waals surface area contributed by atoms with Gasteiger partial charge in [-0.15, -0.1) is 0 Å². The molecule has 1 saturated heterocycles. The van der Waals surface area contributed by atoms with Gasteiger partial charge in [-0.05, 0) is 18.2 Å². The maximum atomic E-state index is 11.7. The number of nitrogens with zero attached hydrogens (tertiary/aromatic N) is 2. The Balaban J connectivity index is 1.73. The first-order chi connectivity index (χ1) is 13.4. The minimum Gasteiger partial charge on any atom is -0.491 e. The molecule has 2 aliphatic heterocycles.